The highest BCUT2D eigenvalue weighted by molar-refractivity contribution is 7.26. The van der Waals surface area contributed by atoms with Gasteiger partial charge in [0, 0.05) is 58.8 Å². The molecule has 0 bridgehead atoms. The SMILES string of the molecule is [2H]c1c([2H])c([2H])c2c(c1[2H])c1c([2H])c([2H])c([2H])c([2H])c1n2-c1c(-c2nc(-c3ccccc3)nc(-c3ccccc3)n2)cccc1-c1cccc2c1sc1ccccc12. The minimum atomic E-state index is -0.509. The number of para-hydroxylation sites is 3. The first-order valence-electron chi connectivity index (χ1n) is 20.1. The summed E-state index contributed by atoms with van der Waals surface area (Å²) in [4.78, 5) is 15.0. The molecule has 0 aliphatic rings. The molecule has 0 aliphatic heterocycles. The van der Waals surface area contributed by atoms with Gasteiger partial charge in [-0.3, -0.25) is 0 Å². The first kappa shape index (κ1) is 21.5. The Bertz CT molecular complexity index is 3200. The number of hydrogen-bond donors (Lipinski definition) is 0. The predicted octanol–water partition coefficient (Wildman–Crippen LogP) is 12.0. The fraction of sp³-hybridized carbons (Fsp3) is 0. The normalized spacial score (nSPS) is 13.8. The third-order valence-corrected chi connectivity index (χ3v) is 10.1. The fourth-order valence-corrected chi connectivity index (χ4v) is 7.95. The van der Waals surface area contributed by atoms with Gasteiger partial charge in [-0.2, -0.15) is 0 Å². The Morgan fingerprint density at radius 2 is 0.960 bits per heavy atom. The average Bonchev–Trinajstić information content (AvgIpc) is 3.83. The van der Waals surface area contributed by atoms with Gasteiger partial charge in [0.05, 0.1) is 27.7 Å². The summed E-state index contributed by atoms with van der Waals surface area (Å²) in [5.41, 5.74) is 3.78. The summed E-state index contributed by atoms with van der Waals surface area (Å²) in [6, 6.07) is 35.3. The van der Waals surface area contributed by atoms with Crippen molar-refractivity contribution in [2.75, 3.05) is 0 Å². The van der Waals surface area contributed by atoms with Crippen molar-refractivity contribution in [2.24, 2.45) is 0 Å². The highest BCUT2D eigenvalue weighted by Crippen LogP contribution is 2.45. The molecule has 3 aromatic heterocycles. The predicted molar refractivity (Wildman–Crippen MR) is 209 cm³/mol. The molecular weight excluding hydrogens is 629 g/mol. The maximum atomic E-state index is 9.38. The lowest BCUT2D eigenvalue weighted by atomic mass is 9.97. The summed E-state index contributed by atoms with van der Waals surface area (Å²) in [7, 11) is 0. The maximum Gasteiger partial charge on any atom is 0.166 e. The van der Waals surface area contributed by atoms with Crippen LogP contribution in [0.25, 0.3) is 93.0 Å². The van der Waals surface area contributed by atoms with E-state index in [0.717, 1.165) is 36.9 Å². The molecule has 50 heavy (non-hydrogen) atoms. The van der Waals surface area contributed by atoms with Crippen LogP contribution in [0.3, 0.4) is 0 Å². The van der Waals surface area contributed by atoms with Crippen LogP contribution >= 0.6 is 11.3 Å². The highest BCUT2D eigenvalue weighted by atomic mass is 32.1. The van der Waals surface area contributed by atoms with E-state index >= 15 is 0 Å². The lowest BCUT2D eigenvalue weighted by Crippen LogP contribution is -2.05. The second kappa shape index (κ2) is 11.6. The smallest absolute Gasteiger partial charge is 0.166 e. The van der Waals surface area contributed by atoms with Gasteiger partial charge >= 0.3 is 0 Å². The zero-order chi connectivity index (χ0) is 40.0. The second-order valence-corrected chi connectivity index (χ2v) is 12.9. The summed E-state index contributed by atoms with van der Waals surface area (Å²) >= 11 is 1.62. The molecule has 0 saturated carbocycles. The van der Waals surface area contributed by atoms with Gasteiger partial charge in [0.2, 0.25) is 0 Å². The number of aromatic nitrogens is 4. The van der Waals surface area contributed by atoms with Gasteiger partial charge in [0.1, 0.15) is 0 Å². The minimum absolute atomic E-state index is 0.00541. The van der Waals surface area contributed by atoms with E-state index < -0.39 is 48.3 Å². The molecule has 0 atom stereocenters. The monoisotopic (exact) mass is 664 g/mol. The summed E-state index contributed by atoms with van der Waals surface area (Å²) in [5.74, 6) is 1.06. The molecule has 5 heteroatoms. The highest BCUT2D eigenvalue weighted by Gasteiger charge is 2.23. The van der Waals surface area contributed by atoms with Gasteiger partial charge in [0.25, 0.3) is 0 Å². The van der Waals surface area contributed by atoms with Crippen LogP contribution in [0.2, 0.25) is 0 Å². The van der Waals surface area contributed by atoms with Crippen molar-refractivity contribution in [1.29, 1.82) is 0 Å². The Labute approximate surface area is 303 Å². The van der Waals surface area contributed by atoms with E-state index in [1.54, 1.807) is 15.9 Å². The second-order valence-electron chi connectivity index (χ2n) is 11.8. The molecule has 7 aromatic carbocycles. The first-order chi connectivity index (χ1) is 28.1. The average molecular weight is 665 g/mol. The van der Waals surface area contributed by atoms with Gasteiger partial charge in [0.15, 0.2) is 17.5 Å². The molecule has 0 spiro atoms. The number of thiophene rings is 1. The van der Waals surface area contributed by atoms with E-state index in [9.17, 15) is 2.74 Å². The molecule has 4 nitrogen and oxygen atoms in total. The minimum Gasteiger partial charge on any atom is -0.308 e. The Balaban J connectivity index is 1.43. The van der Waals surface area contributed by atoms with E-state index in [0.29, 0.717) is 28.5 Å². The molecule has 0 radical (unpaired) electrons. The first-order valence-corrected chi connectivity index (χ1v) is 16.9. The number of benzene rings is 7. The largest absolute Gasteiger partial charge is 0.308 e. The number of nitrogens with zero attached hydrogens (tertiary/aromatic N) is 4. The molecular formula is C45H28N4S. The quantitative estimate of drug-likeness (QED) is 0.184. The summed E-state index contributed by atoms with van der Waals surface area (Å²) in [6.07, 6.45) is 0. The third-order valence-electron chi connectivity index (χ3n) is 8.93. The molecule has 0 aliphatic carbocycles. The van der Waals surface area contributed by atoms with Crippen LogP contribution in [0.5, 0.6) is 0 Å². The van der Waals surface area contributed by atoms with Crippen LogP contribution in [0.1, 0.15) is 11.0 Å². The number of rotatable bonds is 5. The summed E-state index contributed by atoms with van der Waals surface area (Å²) < 4.78 is 75.7. The van der Waals surface area contributed by atoms with E-state index in [1.165, 1.54) is 0 Å². The zero-order valence-electron chi connectivity index (χ0n) is 34.2. The van der Waals surface area contributed by atoms with Crippen LogP contribution in [0, 0.1) is 0 Å². The standard InChI is InChI=1S/C45H28N4S/c1-3-15-29(16-4-1)43-46-44(30-17-5-2-6-18-30)48-45(47-43)37-25-13-22-34(36-24-14-23-35-33-21-9-12-28-40(33)50-42(35)36)41(37)49-38-26-10-7-19-31(38)32-20-8-11-27-39(32)49/h1-28H/i7D,8D,10D,11D,19D,20D,26D,27D. The van der Waals surface area contributed by atoms with Crippen molar-refractivity contribution in [2.45, 2.75) is 0 Å². The topological polar surface area (TPSA) is 43.6 Å². The molecule has 0 fully saturated rings. The van der Waals surface area contributed by atoms with Crippen molar-refractivity contribution < 1.29 is 11.0 Å². The van der Waals surface area contributed by atoms with E-state index in [1.807, 2.05) is 103 Å². The van der Waals surface area contributed by atoms with Crippen LogP contribution in [0.15, 0.2) is 170 Å². The van der Waals surface area contributed by atoms with Gasteiger partial charge in [-0.05, 0) is 24.2 Å². The molecule has 0 N–H and O–H groups in total. The molecule has 0 saturated heterocycles. The summed E-state index contributed by atoms with van der Waals surface area (Å²) in [6.45, 7) is 0. The lowest BCUT2D eigenvalue weighted by molar-refractivity contribution is 1.06. The van der Waals surface area contributed by atoms with E-state index in [2.05, 4.69) is 18.2 Å². The third kappa shape index (κ3) is 4.55. The van der Waals surface area contributed by atoms with Crippen LogP contribution in [0.4, 0.5) is 0 Å². The van der Waals surface area contributed by atoms with Gasteiger partial charge in [-0.25, -0.2) is 15.0 Å². The van der Waals surface area contributed by atoms with Crippen molar-refractivity contribution in [1.82, 2.24) is 19.5 Å². The molecule has 234 valence electrons. The molecule has 0 amide bonds. The lowest BCUT2D eigenvalue weighted by Gasteiger charge is -2.19. The van der Waals surface area contributed by atoms with E-state index in [-0.39, 0.29) is 27.6 Å². The maximum absolute atomic E-state index is 9.38. The number of fused-ring (bicyclic) bond motifs is 6. The molecule has 10 rings (SSSR count). The molecule has 0 unspecified atom stereocenters. The fourth-order valence-electron chi connectivity index (χ4n) is 6.71. The Morgan fingerprint density at radius 3 is 1.64 bits per heavy atom. The molecule has 3 heterocycles. The van der Waals surface area contributed by atoms with Crippen LogP contribution in [-0.4, -0.2) is 19.5 Å². The van der Waals surface area contributed by atoms with Gasteiger partial charge in [-0.15, -0.1) is 11.3 Å². The Hall–Kier alpha value is -6.43. The van der Waals surface area contributed by atoms with E-state index in [4.69, 9.17) is 23.2 Å². The summed E-state index contributed by atoms with van der Waals surface area (Å²) in [5, 5.41) is 2.08. The van der Waals surface area contributed by atoms with Gasteiger partial charge < -0.3 is 4.57 Å². The van der Waals surface area contributed by atoms with Crippen LogP contribution in [-0.2, 0) is 0 Å². The van der Waals surface area contributed by atoms with Crippen molar-refractivity contribution in [3.8, 4) is 51.0 Å². The Kier molecular flexibility index (Phi) is 5.00. The van der Waals surface area contributed by atoms with Gasteiger partial charge in [-0.1, -0.05) is 145 Å². The van der Waals surface area contributed by atoms with Crippen molar-refractivity contribution in [3.63, 3.8) is 0 Å². The van der Waals surface area contributed by atoms with Crippen LogP contribution < -0.4 is 0 Å². The van der Waals surface area contributed by atoms with Crippen molar-refractivity contribution in [3.05, 3.63) is 170 Å². The van der Waals surface area contributed by atoms with Crippen molar-refractivity contribution >= 4 is 53.3 Å². The number of hydrogen-bond acceptors (Lipinski definition) is 4. The Morgan fingerprint density at radius 1 is 0.440 bits per heavy atom. The molecule has 10 aromatic rings. The zero-order valence-corrected chi connectivity index (χ0v) is 27.1.